The molecule has 0 saturated heterocycles. The summed E-state index contributed by atoms with van der Waals surface area (Å²) in [6, 6.07) is 11.8. The molecule has 4 heteroatoms. The van der Waals surface area contributed by atoms with Crippen LogP contribution in [0.5, 0.6) is 0 Å². The van der Waals surface area contributed by atoms with E-state index in [0.29, 0.717) is 18.7 Å². The molecular weight excluding hydrogens is 280 g/mol. The maximum atomic E-state index is 11.9. The zero-order chi connectivity index (χ0) is 13.5. The van der Waals surface area contributed by atoms with Crippen LogP contribution in [0.4, 0.5) is 0 Å². The van der Waals surface area contributed by atoms with Gasteiger partial charge in [-0.25, -0.2) is 0 Å². The molecule has 1 N–H and O–H groups in total. The van der Waals surface area contributed by atoms with E-state index in [2.05, 4.69) is 0 Å². The summed E-state index contributed by atoms with van der Waals surface area (Å²) in [4.78, 5) is 13.8. The fourth-order valence-electron chi connectivity index (χ4n) is 2.75. The van der Waals surface area contributed by atoms with Crippen molar-refractivity contribution < 1.29 is 9.90 Å². The molecule has 2 nitrogen and oxygen atoms in total. The van der Waals surface area contributed by atoms with Gasteiger partial charge in [-0.3, -0.25) is 4.79 Å². The Labute approximate surface area is 120 Å². The molecule has 3 rings (SSSR count). The molecule has 1 aliphatic rings. The molecule has 2 aromatic rings. The monoisotopic (exact) mass is 292 g/mol. The Hall–Kier alpha value is -1.32. The predicted molar refractivity (Wildman–Crippen MR) is 77.0 cm³/mol. The van der Waals surface area contributed by atoms with Gasteiger partial charge in [0.15, 0.2) is 0 Å². The van der Waals surface area contributed by atoms with E-state index in [1.54, 1.807) is 0 Å². The number of halogens is 1. The minimum absolute atomic E-state index is 0.438. The highest BCUT2D eigenvalue weighted by molar-refractivity contribution is 7.12. The molecule has 0 aliphatic heterocycles. The largest absolute Gasteiger partial charge is 0.481 e. The maximum absolute atomic E-state index is 11.9. The lowest BCUT2D eigenvalue weighted by atomic mass is 9.83. The summed E-state index contributed by atoms with van der Waals surface area (Å²) < 4.78 is 0. The number of carbonyl (C=O) groups is 1. The van der Waals surface area contributed by atoms with Gasteiger partial charge in [0.25, 0.3) is 0 Å². The van der Waals surface area contributed by atoms with Gasteiger partial charge >= 0.3 is 5.97 Å². The van der Waals surface area contributed by atoms with E-state index < -0.39 is 11.4 Å². The van der Waals surface area contributed by atoms with Crippen molar-refractivity contribution in [1.29, 1.82) is 0 Å². The highest BCUT2D eigenvalue weighted by atomic mass is 35.5. The number of hydrogen-bond donors (Lipinski definition) is 1. The number of carboxylic acid groups (broad SMARTS) is 1. The molecule has 19 heavy (non-hydrogen) atoms. The number of rotatable bonds is 3. The molecule has 0 bridgehead atoms. The second-order valence-electron chi connectivity index (χ2n) is 4.91. The van der Waals surface area contributed by atoms with Crippen LogP contribution in [-0.4, -0.2) is 11.1 Å². The van der Waals surface area contributed by atoms with Crippen molar-refractivity contribution in [2.24, 2.45) is 0 Å². The smallest absolute Gasteiger partial charge is 0.315 e. The van der Waals surface area contributed by atoms with Crippen LogP contribution in [0, 0.1) is 0 Å². The van der Waals surface area contributed by atoms with Crippen molar-refractivity contribution in [3.05, 3.63) is 57.3 Å². The Balaban J connectivity index is 2.06. The molecule has 1 heterocycles. The third-order valence-electron chi connectivity index (χ3n) is 3.78. The molecule has 0 amide bonds. The Bertz CT molecular complexity index is 608. The molecule has 0 spiro atoms. The van der Waals surface area contributed by atoms with Crippen LogP contribution in [0.3, 0.4) is 0 Å². The van der Waals surface area contributed by atoms with Gasteiger partial charge in [-0.1, -0.05) is 24.3 Å². The van der Waals surface area contributed by atoms with Gasteiger partial charge in [0.2, 0.25) is 0 Å². The fraction of sp³-hybridized carbons (Fsp3) is 0.267. The van der Waals surface area contributed by atoms with Gasteiger partial charge in [-0.2, -0.15) is 0 Å². The van der Waals surface area contributed by atoms with Crippen molar-refractivity contribution in [3.8, 4) is 0 Å². The maximum Gasteiger partial charge on any atom is 0.315 e. The van der Waals surface area contributed by atoms with Gasteiger partial charge in [-0.05, 0) is 36.1 Å². The fourth-order valence-corrected chi connectivity index (χ4v) is 4.04. The van der Waals surface area contributed by atoms with E-state index in [9.17, 15) is 9.90 Å². The third-order valence-corrected chi connectivity index (χ3v) is 5.51. The average Bonchev–Trinajstić information content (AvgIpc) is 3.03. The lowest BCUT2D eigenvalue weighted by molar-refractivity contribution is -0.143. The highest BCUT2D eigenvalue weighted by Crippen LogP contribution is 2.43. The molecular formula is C15H13ClO2S. The summed E-state index contributed by atoms with van der Waals surface area (Å²) >= 11 is 7.34. The zero-order valence-corrected chi connectivity index (χ0v) is 11.8. The molecule has 1 aromatic carbocycles. The normalized spacial score (nSPS) is 16.3. The number of aliphatic carboxylic acids is 1. The highest BCUT2D eigenvalue weighted by Gasteiger charge is 2.46. The summed E-state index contributed by atoms with van der Waals surface area (Å²) in [6.45, 7) is 0. The van der Waals surface area contributed by atoms with Crippen molar-refractivity contribution in [3.63, 3.8) is 0 Å². The Morgan fingerprint density at radius 1 is 1.21 bits per heavy atom. The number of thiophene rings is 1. The summed E-state index contributed by atoms with van der Waals surface area (Å²) in [5.41, 5.74) is 1.48. The van der Waals surface area contributed by atoms with Crippen molar-refractivity contribution in [1.82, 2.24) is 0 Å². The quantitative estimate of drug-likeness (QED) is 0.878. The Kier molecular flexibility index (Phi) is 3.11. The topological polar surface area (TPSA) is 37.3 Å². The molecule has 98 valence electrons. The molecule has 1 aliphatic carbocycles. The first-order valence-corrected chi connectivity index (χ1v) is 7.46. The number of hydrogen-bond acceptors (Lipinski definition) is 2. The van der Waals surface area contributed by atoms with E-state index in [-0.39, 0.29) is 0 Å². The van der Waals surface area contributed by atoms with E-state index in [0.717, 1.165) is 20.9 Å². The van der Waals surface area contributed by atoms with E-state index in [1.165, 1.54) is 11.3 Å². The molecule has 0 unspecified atom stereocenters. The summed E-state index contributed by atoms with van der Waals surface area (Å²) in [5, 5.41) is 9.74. The van der Waals surface area contributed by atoms with Crippen LogP contribution in [-0.2, 0) is 28.9 Å². The standard InChI is InChI=1S/C15H13ClO2S/c16-9-12-5-6-13(19-12)15(14(17)18)7-10-3-1-2-4-11(10)8-15/h1-6H,7-9H2,(H,17,18). The molecule has 0 fully saturated rings. The number of carboxylic acids is 1. The van der Waals surface area contributed by atoms with Gasteiger partial charge < -0.3 is 5.11 Å². The predicted octanol–water partition coefficient (Wildman–Crippen LogP) is 3.61. The van der Waals surface area contributed by atoms with Crippen LogP contribution < -0.4 is 0 Å². The van der Waals surface area contributed by atoms with Crippen molar-refractivity contribution >= 4 is 28.9 Å². The van der Waals surface area contributed by atoms with Crippen LogP contribution >= 0.6 is 22.9 Å². The van der Waals surface area contributed by atoms with Crippen LogP contribution in [0.2, 0.25) is 0 Å². The minimum atomic E-state index is -0.807. The SMILES string of the molecule is O=C(O)C1(c2ccc(CCl)s2)Cc2ccccc2C1. The third kappa shape index (κ3) is 1.97. The average molecular weight is 293 g/mol. The Morgan fingerprint density at radius 2 is 1.84 bits per heavy atom. The number of fused-ring (bicyclic) bond motifs is 1. The molecule has 1 aromatic heterocycles. The van der Waals surface area contributed by atoms with Crippen LogP contribution in [0.1, 0.15) is 20.9 Å². The van der Waals surface area contributed by atoms with Crippen molar-refractivity contribution in [2.75, 3.05) is 0 Å². The summed E-state index contributed by atoms with van der Waals surface area (Å²) in [7, 11) is 0. The first kappa shape index (κ1) is 12.7. The molecule has 0 atom stereocenters. The van der Waals surface area contributed by atoms with Crippen molar-refractivity contribution in [2.45, 2.75) is 24.1 Å². The second-order valence-corrected chi connectivity index (χ2v) is 6.34. The first-order chi connectivity index (χ1) is 9.15. The number of benzene rings is 1. The zero-order valence-electron chi connectivity index (χ0n) is 10.2. The molecule has 0 radical (unpaired) electrons. The molecule has 0 saturated carbocycles. The van der Waals surface area contributed by atoms with Gasteiger partial charge in [0, 0.05) is 9.75 Å². The second kappa shape index (κ2) is 4.66. The number of alkyl halides is 1. The van der Waals surface area contributed by atoms with Crippen LogP contribution in [0.25, 0.3) is 0 Å². The van der Waals surface area contributed by atoms with Crippen LogP contribution in [0.15, 0.2) is 36.4 Å². The minimum Gasteiger partial charge on any atom is -0.481 e. The first-order valence-electron chi connectivity index (χ1n) is 6.11. The van der Waals surface area contributed by atoms with E-state index >= 15 is 0 Å². The lowest BCUT2D eigenvalue weighted by Gasteiger charge is -2.22. The van der Waals surface area contributed by atoms with Gasteiger partial charge in [0.1, 0.15) is 5.41 Å². The summed E-state index contributed by atoms with van der Waals surface area (Å²) in [6.07, 6.45) is 1.14. The van der Waals surface area contributed by atoms with E-state index in [4.69, 9.17) is 11.6 Å². The van der Waals surface area contributed by atoms with E-state index in [1.807, 2.05) is 36.4 Å². The van der Waals surface area contributed by atoms with Gasteiger partial charge in [-0.15, -0.1) is 22.9 Å². The summed E-state index contributed by atoms with van der Waals surface area (Å²) in [5.74, 6) is -0.306. The lowest BCUT2D eigenvalue weighted by Crippen LogP contribution is -2.35. The Morgan fingerprint density at radius 3 is 2.32 bits per heavy atom. The van der Waals surface area contributed by atoms with Gasteiger partial charge in [0.05, 0.1) is 5.88 Å².